The number of nitrogens with zero attached hydrogens (tertiary/aromatic N) is 1. The van der Waals surface area contributed by atoms with Crippen LogP contribution in [0.1, 0.15) is 17.5 Å². The lowest BCUT2D eigenvalue weighted by molar-refractivity contribution is 0.357. The molecule has 1 fully saturated rings. The van der Waals surface area contributed by atoms with Gasteiger partial charge >= 0.3 is 0 Å². The zero-order valence-corrected chi connectivity index (χ0v) is 14.2. The molecule has 2 N–H and O–H groups in total. The topological polar surface area (TPSA) is 79.8 Å². The Kier molecular flexibility index (Phi) is 4.75. The van der Waals surface area contributed by atoms with Gasteiger partial charge in [-0.05, 0) is 30.0 Å². The number of ether oxygens (including phenoxy) is 1. The molecule has 1 atom stereocenters. The average Bonchev–Trinajstić information content (AvgIpc) is 3.11. The van der Waals surface area contributed by atoms with Crippen molar-refractivity contribution in [1.82, 2.24) is 10.6 Å². The molecule has 23 heavy (non-hydrogen) atoms. The fourth-order valence-electron chi connectivity index (χ4n) is 3.02. The number of nitrogens with one attached hydrogen (secondary N) is 2. The van der Waals surface area contributed by atoms with Gasteiger partial charge in [0.15, 0.2) is 15.8 Å². The molecular weight excluding hydrogens is 314 g/mol. The van der Waals surface area contributed by atoms with Crippen LogP contribution in [-0.4, -0.2) is 52.1 Å². The highest BCUT2D eigenvalue weighted by atomic mass is 32.2. The van der Waals surface area contributed by atoms with Crippen LogP contribution in [0.15, 0.2) is 23.2 Å². The van der Waals surface area contributed by atoms with Gasteiger partial charge in [0.25, 0.3) is 0 Å². The van der Waals surface area contributed by atoms with Crippen molar-refractivity contribution in [2.24, 2.45) is 4.99 Å². The largest absolute Gasteiger partial charge is 0.493 e. The number of aliphatic imine (C=N–C) groups is 1. The van der Waals surface area contributed by atoms with Crippen LogP contribution in [0.3, 0.4) is 0 Å². The van der Waals surface area contributed by atoms with E-state index >= 15 is 0 Å². The van der Waals surface area contributed by atoms with E-state index in [0.717, 1.165) is 31.7 Å². The zero-order valence-electron chi connectivity index (χ0n) is 13.3. The van der Waals surface area contributed by atoms with E-state index in [1.807, 2.05) is 6.07 Å². The summed E-state index contributed by atoms with van der Waals surface area (Å²) in [6.07, 6.45) is 2.51. The van der Waals surface area contributed by atoms with Gasteiger partial charge in [-0.25, -0.2) is 8.42 Å². The van der Waals surface area contributed by atoms with Crippen LogP contribution in [0.5, 0.6) is 5.75 Å². The summed E-state index contributed by atoms with van der Waals surface area (Å²) in [5.41, 5.74) is 2.54. The molecule has 1 aromatic rings. The van der Waals surface area contributed by atoms with Crippen LogP contribution < -0.4 is 15.4 Å². The van der Waals surface area contributed by atoms with Gasteiger partial charge in [0, 0.05) is 26.1 Å². The monoisotopic (exact) mass is 337 g/mol. The minimum absolute atomic E-state index is 0.0386. The van der Waals surface area contributed by atoms with Crippen molar-refractivity contribution in [1.29, 1.82) is 0 Å². The van der Waals surface area contributed by atoms with E-state index in [1.54, 1.807) is 7.05 Å². The van der Waals surface area contributed by atoms with E-state index in [9.17, 15) is 8.42 Å². The Hall–Kier alpha value is -1.76. The summed E-state index contributed by atoms with van der Waals surface area (Å²) in [7, 11) is -1.18. The molecule has 0 aromatic heterocycles. The molecule has 2 aliphatic heterocycles. The molecular formula is C16H23N3O3S. The summed E-state index contributed by atoms with van der Waals surface area (Å²) in [4.78, 5) is 4.17. The van der Waals surface area contributed by atoms with Gasteiger partial charge in [-0.15, -0.1) is 0 Å². The van der Waals surface area contributed by atoms with Crippen molar-refractivity contribution < 1.29 is 13.2 Å². The summed E-state index contributed by atoms with van der Waals surface area (Å²) < 4.78 is 28.5. The highest BCUT2D eigenvalue weighted by molar-refractivity contribution is 7.91. The van der Waals surface area contributed by atoms with Crippen molar-refractivity contribution in [2.45, 2.75) is 25.3 Å². The van der Waals surface area contributed by atoms with Gasteiger partial charge in [-0.3, -0.25) is 4.99 Å². The maximum Gasteiger partial charge on any atom is 0.191 e. The fourth-order valence-corrected chi connectivity index (χ4v) is 4.69. The van der Waals surface area contributed by atoms with E-state index in [0.29, 0.717) is 12.4 Å². The number of guanidine groups is 1. The highest BCUT2D eigenvalue weighted by Crippen LogP contribution is 2.25. The van der Waals surface area contributed by atoms with Crippen LogP contribution in [0.25, 0.3) is 0 Å². The molecule has 1 unspecified atom stereocenters. The normalized spacial score (nSPS) is 22.5. The Morgan fingerprint density at radius 3 is 3.04 bits per heavy atom. The second-order valence-electron chi connectivity index (χ2n) is 6.03. The van der Waals surface area contributed by atoms with Crippen molar-refractivity contribution in [3.05, 3.63) is 29.3 Å². The molecule has 3 rings (SSSR count). The van der Waals surface area contributed by atoms with Crippen molar-refractivity contribution in [2.75, 3.05) is 31.7 Å². The molecule has 2 aliphatic rings. The van der Waals surface area contributed by atoms with E-state index in [-0.39, 0.29) is 17.5 Å². The van der Waals surface area contributed by atoms with Gasteiger partial charge in [-0.1, -0.05) is 12.1 Å². The molecule has 0 aliphatic carbocycles. The van der Waals surface area contributed by atoms with Gasteiger partial charge in [0.2, 0.25) is 0 Å². The summed E-state index contributed by atoms with van der Waals surface area (Å²) in [6, 6.07) is 6.28. The lowest BCUT2D eigenvalue weighted by Crippen LogP contribution is -2.44. The number of hydrogen-bond donors (Lipinski definition) is 2. The van der Waals surface area contributed by atoms with Gasteiger partial charge in [-0.2, -0.15) is 0 Å². The first-order valence-corrected chi connectivity index (χ1v) is 9.80. The van der Waals surface area contributed by atoms with Gasteiger partial charge < -0.3 is 15.4 Å². The quantitative estimate of drug-likeness (QED) is 0.618. The molecule has 1 saturated heterocycles. The Bertz CT molecular complexity index is 701. The second-order valence-corrected chi connectivity index (χ2v) is 8.26. The Morgan fingerprint density at radius 2 is 2.30 bits per heavy atom. The predicted molar refractivity (Wildman–Crippen MR) is 90.9 cm³/mol. The first kappa shape index (κ1) is 16.1. The first-order valence-electron chi connectivity index (χ1n) is 7.98. The molecule has 1 aromatic carbocycles. The van der Waals surface area contributed by atoms with Gasteiger partial charge in [0.1, 0.15) is 5.75 Å². The summed E-state index contributed by atoms with van der Waals surface area (Å²) in [6.45, 7) is 1.52. The van der Waals surface area contributed by atoms with Crippen molar-refractivity contribution >= 4 is 15.8 Å². The van der Waals surface area contributed by atoms with Crippen LogP contribution in [0, 0.1) is 0 Å². The second kappa shape index (κ2) is 6.78. The Balaban J connectivity index is 1.47. The zero-order chi connectivity index (χ0) is 16.3. The number of hydrogen-bond acceptors (Lipinski definition) is 4. The van der Waals surface area contributed by atoms with Crippen molar-refractivity contribution in [3.8, 4) is 5.75 Å². The molecule has 0 bridgehead atoms. The average molecular weight is 337 g/mol. The molecule has 126 valence electrons. The standard InChI is InChI=1S/C16H23N3O3S/c1-17-16(19-14-6-9-23(20,21)11-14)18-7-4-12-2-3-15-13(10-12)5-8-22-15/h2-3,10,14H,4-9,11H2,1H3,(H2,17,18,19). The number of rotatable bonds is 4. The van der Waals surface area contributed by atoms with E-state index in [1.165, 1.54) is 11.1 Å². The van der Waals surface area contributed by atoms with E-state index in [2.05, 4.69) is 27.8 Å². The molecule has 0 amide bonds. The highest BCUT2D eigenvalue weighted by Gasteiger charge is 2.28. The van der Waals surface area contributed by atoms with Crippen LogP contribution >= 0.6 is 0 Å². The number of fused-ring (bicyclic) bond motifs is 1. The third kappa shape index (κ3) is 4.16. The molecule has 0 radical (unpaired) electrons. The number of benzene rings is 1. The smallest absolute Gasteiger partial charge is 0.191 e. The number of sulfone groups is 1. The SMILES string of the molecule is CN=C(NCCc1ccc2c(c1)CCO2)NC1CCS(=O)(=O)C1. The molecule has 2 heterocycles. The lowest BCUT2D eigenvalue weighted by atomic mass is 10.1. The summed E-state index contributed by atoms with van der Waals surface area (Å²) >= 11 is 0. The van der Waals surface area contributed by atoms with Crippen LogP contribution in [-0.2, 0) is 22.7 Å². The fraction of sp³-hybridized carbons (Fsp3) is 0.562. The maximum atomic E-state index is 11.5. The van der Waals surface area contributed by atoms with Crippen LogP contribution in [0.2, 0.25) is 0 Å². The molecule has 6 nitrogen and oxygen atoms in total. The third-order valence-electron chi connectivity index (χ3n) is 4.26. The summed E-state index contributed by atoms with van der Waals surface area (Å²) in [5, 5.41) is 6.44. The Labute approximate surface area is 137 Å². The lowest BCUT2D eigenvalue weighted by Gasteiger charge is -2.16. The third-order valence-corrected chi connectivity index (χ3v) is 6.02. The molecule has 0 spiro atoms. The van der Waals surface area contributed by atoms with Gasteiger partial charge in [0.05, 0.1) is 18.1 Å². The van der Waals surface area contributed by atoms with E-state index in [4.69, 9.17) is 4.74 Å². The predicted octanol–water partition coefficient (Wildman–Crippen LogP) is 0.516. The van der Waals surface area contributed by atoms with E-state index < -0.39 is 9.84 Å². The first-order chi connectivity index (χ1) is 11.1. The summed E-state index contributed by atoms with van der Waals surface area (Å²) in [5.74, 6) is 2.12. The minimum atomic E-state index is -2.88. The van der Waals surface area contributed by atoms with Crippen LogP contribution in [0.4, 0.5) is 0 Å². The van der Waals surface area contributed by atoms with Crippen molar-refractivity contribution in [3.63, 3.8) is 0 Å². The Morgan fingerprint density at radius 1 is 1.43 bits per heavy atom. The minimum Gasteiger partial charge on any atom is -0.493 e. The molecule has 0 saturated carbocycles. The molecule has 7 heteroatoms. The maximum absolute atomic E-state index is 11.5.